The van der Waals surface area contributed by atoms with Crippen molar-refractivity contribution in [3.05, 3.63) is 58.8 Å². The predicted molar refractivity (Wildman–Crippen MR) is 63.9 cm³/mol. The molecular weight excluding hydrogens is 222 g/mol. The minimum Gasteiger partial charge on any atom is -0.467 e. The van der Waals surface area contributed by atoms with E-state index in [9.17, 15) is 4.79 Å². The summed E-state index contributed by atoms with van der Waals surface area (Å²) in [5, 5.41) is 0.777. The van der Waals surface area contributed by atoms with Gasteiger partial charge in [0, 0.05) is 0 Å². The second-order valence-electron chi connectivity index (χ2n) is 3.51. The molecule has 0 aliphatic heterocycles. The van der Waals surface area contributed by atoms with Gasteiger partial charge in [0.05, 0.1) is 22.9 Å². The minimum absolute atomic E-state index is 0.0528. The zero-order valence-electron chi connectivity index (χ0n) is 8.42. The molecule has 0 bridgehead atoms. The summed E-state index contributed by atoms with van der Waals surface area (Å²) in [5.74, 6) is 0.800. The molecule has 0 radical (unpaired) electrons. The highest BCUT2D eigenvalue weighted by Gasteiger charge is 2.07. The summed E-state index contributed by atoms with van der Waals surface area (Å²) in [5.41, 5.74) is 0.0528. The summed E-state index contributed by atoms with van der Waals surface area (Å²) in [7, 11) is 0. The summed E-state index contributed by atoms with van der Waals surface area (Å²) >= 11 is 1.47. The van der Waals surface area contributed by atoms with Crippen LogP contribution in [0.1, 0.15) is 5.76 Å². The fraction of sp³-hybridized carbons (Fsp3) is 0.0833. The molecule has 0 amide bonds. The highest BCUT2D eigenvalue weighted by Crippen LogP contribution is 2.16. The Morgan fingerprint density at radius 3 is 2.81 bits per heavy atom. The van der Waals surface area contributed by atoms with Crippen molar-refractivity contribution < 1.29 is 4.42 Å². The quantitative estimate of drug-likeness (QED) is 0.679. The third kappa shape index (κ3) is 1.47. The molecule has 1 aromatic carbocycles. The Hall–Kier alpha value is -1.81. The van der Waals surface area contributed by atoms with Gasteiger partial charge >= 0.3 is 0 Å². The summed E-state index contributed by atoms with van der Waals surface area (Å²) in [4.78, 5) is 12.0. The molecule has 16 heavy (non-hydrogen) atoms. The van der Waals surface area contributed by atoms with E-state index in [0.29, 0.717) is 6.54 Å². The van der Waals surface area contributed by atoms with Crippen LogP contribution in [0.5, 0.6) is 0 Å². The van der Waals surface area contributed by atoms with E-state index in [1.807, 2.05) is 36.4 Å². The van der Waals surface area contributed by atoms with Crippen LogP contribution in [0.4, 0.5) is 0 Å². The normalized spacial score (nSPS) is 11.0. The van der Waals surface area contributed by atoms with Crippen molar-refractivity contribution in [2.75, 3.05) is 0 Å². The second-order valence-corrected chi connectivity index (χ2v) is 4.57. The van der Waals surface area contributed by atoms with Crippen molar-refractivity contribution in [1.82, 2.24) is 3.96 Å². The largest absolute Gasteiger partial charge is 0.467 e. The van der Waals surface area contributed by atoms with Gasteiger partial charge < -0.3 is 4.42 Å². The number of rotatable bonds is 2. The lowest BCUT2D eigenvalue weighted by Gasteiger charge is -1.94. The molecule has 0 unspecified atom stereocenters. The fourth-order valence-corrected chi connectivity index (χ4v) is 2.67. The number of benzene rings is 1. The lowest BCUT2D eigenvalue weighted by molar-refractivity contribution is 0.499. The molecule has 3 rings (SSSR count). The third-order valence-corrected chi connectivity index (χ3v) is 3.50. The van der Waals surface area contributed by atoms with Crippen LogP contribution in [0, 0.1) is 0 Å². The van der Waals surface area contributed by atoms with Crippen LogP contribution in [0.25, 0.3) is 10.1 Å². The van der Waals surface area contributed by atoms with Crippen LogP contribution in [-0.2, 0) is 6.54 Å². The first kappa shape index (κ1) is 9.42. The summed E-state index contributed by atoms with van der Waals surface area (Å²) in [6.07, 6.45) is 1.62. The van der Waals surface area contributed by atoms with Gasteiger partial charge in [-0.3, -0.25) is 8.75 Å². The predicted octanol–water partition coefficient (Wildman–Crippen LogP) is 2.70. The number of aromatic nitrogens is 1. The Labute approximate surface area is 95.7 Å². The summed E-state index contributed by atoms with van der Waals surface area (Å²) in [6.45, 7) is 0.505. The lowest BCUT2D eigenvalue weighted by Crippen LogP contribution is -2.13. The number of hydrogen-bond donors (Lipinski definition) is 0. The Bertz CT molecular complexity index is 664. The third-order valence-electron chi connectivity index (χ3n) is 2.43. The van der Waals surface area contributed by atoms with E-state index in [2.05, 4.69) is 0 Å². The molecule has 3 nitrogen and oxygen atoms in total. The molecule has 4 heteroatoms. The SMILES string of the molecule is O=c1c2ccccc2sn1Cc1ccco1. The van der Waals surface area contributed by atoms with Crippen LogP contribution in [0.2, 0.25) is 0 Å². The first-order valence-electron chi connectivity index (χ1n) is 4.96. The molecule has 0 saturated carbocycles. The molecule has 0 fully saturated rings. The lowest BCUT2D eigenvalue weighted by atomic mass is 10.3. The molecule has 0 spiro atoms. The van der Waals surface area contributed by atoms with Crippen molar-refractivity contribution in [1.29, 1.82) is 0 Å². The Kier molecular flexibility index (Phi) is 2.15. The van der Waals surface area contributed by atoms with Crippen molar-refractivity contribution in [3.8, 4) is 0 Å². The molecule has 0 aliphatic rings. The average Bonchev–Trinajstić information content (AvgIpc) is 2.90. The van der Waals surface area contributed by atoms with E-state index in [1.165, 1.54) is 11.5 Å². The van der Waals surface area contributed by atoms with Gasteiger partial charge in [-0.1, -0.05) is 23.7 Å². The maximum Gasteiger partial charge on any atom is 0.268 e. The standard InChI is InChI=1S/C12H9NO2S/c14-12-10-5-1-2-6-11(10)16-13(12)8-9-4-3-7-15-9/h1-7H,8H2. The second kappa shape index (κ2) is 3.64. The molecule has 2 heterocycles. The Morgan fingerprint density at radius 1 is 1.19 bits per heavy atom. The van der Waals surface area contributed by atoms with Crippen LogP contribution in [0.3, 0.4) is 0 Å². The topological polar surface area (TPSA) is 35.1 Å². The smallest absolute Gasteiger partial charge is 0.268 e. The van der Waals surface area contributed by atoms with E-state index in [4.69, 9.17) is 4.42 Å². The van der Waals surface area contributed by atoms with Gasteiger partial charge in [0.15, 0.2) is 0 Å². The number of hydrogen-bond acceptors (Lipinski definition) is 3. The van der Waals surface area contributed by atoms with Crippen molar-refractivity contribution in [2.24, 2.45) is 0 Å². The van der Waals surface area contributed by atoms with E-state index in [1.54, 1.807) is 10.2 Å². The van der Waals surface area contributed by atoms with Gasteiger partial charge in [-0.25, -0.2) is 0 Å². The van der Waals surface area contributed by atoms with Crippen LogP contribution >= 0.6 is 11.5 Å². The maximum atomic E-state index is 12.0. The first-order valence-corrected chi connectivity index (χ1v) is 5.73. The van der Waals surface area contributed by atoms with Crippen molar-refractivity contribution in [2.45, 2.75) is 6.54 Å². The van der Waals surface area contributed by atoms with E-state index in [0.717, 1.165) is 15.8 Å². The highest BCUT2D eigenvalue weighted by molar-refractivity contribution is 7.13. The molecule has 0 atom stereocenters. The Balaban J connectivity index is 2.11. The fourth-order valence-electron chi connectivity index (χ4n) is 1.67. The van der Waals surface area contributed by atoms with Gasteiger partial charge in [-0.2, -0.15) is 0 Å². The van der Waals surface area contributed by atoms with Gasteiger partial charge in [0.2, 0.25) is 0 Å². The highest BCUT2D eigenvalue weighted by atomic mass is 32.1. The monoisotopic (exact) mass is 231 g/mol. The maximum absolute atomic E-state index is 12.0. The summed E-state index contributed by atoms with van der Waals surface area (Å²) < 4.78 is 7.96. The van der Waals surface area contributed by atoms with Gasteiger partial charge in [-0.15, -0.1) is 0 Å². The zero-order chi connectivity index (χ0) is 11.0. The first-order chi connectivity index (χ1) is 7.84. The molecule has 0 N–H and O–H groups in total. The van der Waals surface area contributed by atoms with Crippen molar-refractivity contribution >= 4 is 21.6 Å². The van der Waals surface area contributed by atoms with Gasteiger partial charge in [0.1, 0.15) is 5.76 Å². The van der Waals surface area contributed by atoms with E-state index >= 15 is 0 Å². The number of furan rings is 1. The molecule has 0 aliphatic carbocycles. The van der Waals surface area contributed by atoms with Gasteiger partial charge in [-0.05, 0) is 24.3 Å². The van der Waals surface area contributed by atoms with E-state index < -0.39 is 0 Å². The van der Waals surface area contributed by atoms with Crippen molar-refractivity contribution in [3.63, 3.8) is 0 Å². The van der Waals surface area contributed by atoms with Crippen LogP contribution in [0.15, 0.2) is 51.9 Å². The van der Waals surface area contributed by atoms with Crippen LogP contribution in [-0.4, -0.2) is 3.96 Å². The molecule has 2 aromatic heterocycles. The molecule has 3 aromatic rings. The van der Waals surface area contributed by atoms with E-state index in [-0.39, 0.29) is 5.56 Å². The minimum atomic E-state index is 0.0528. The Morgan fingerprint density at radius 2 is 2.06 bits per heavy atom. The zero-order valence-corrected chi connectivity index (χ0v) is 9.24. The number of nitrogens with zero attached hydrogens (tertiary/aromatic N) is 1. The average molecular weight is 231 g/mol. The molecular formula is C12H9NO2S. The molecule has 80 valence electrons. The molecule has 0 saturated heterocycles. The number of fused-ring (bicyclic) bond motifs is 1. The van der Waals surface area contributed by atoms with Crippen LogP contribution < -0.4 is 5.56 Å². The summed E-state index contributed by atoms with van der Waals surface area (Å²) in [6, 6.07) is 11.3. The van der Waals surface area contributed by atoms with Gasteiger partial charge in [0.25, 0.3) is 5.56 Å².